The first-order valence-corrected chi connectivity index (χ1v) is 17.8. The number of cyclic esters (lactones) is 1. The highest BCUT2D eigenvalue weighted by Gasteiger charge is 2.50. The molecular formula is C36H63NO12. The molecule has 0 aromatic carbocycles. The lowest BCUT2D eigenvalue weighted by atomic mass is 9.78. The Balaban J connectivity index is 2.08. The lowest BCUT2D eigenvalue weighted by Crippen LogP contribution is -2.58. The average Bonchev–Trinajstić information content (AvgIpc) is 3.05. The fraction of sp³-hybridized carbons (Fsp3) is 0.917. The first kappa shape index (κ1) is 42.2. The molecule has 3 heterocycles. The molecule has 0 bridgehead atoms. The lowest BCUT2D eigenvalue weighted by Gasteiger charge is -2.47. The largest absolute Gasteiger partial charge is 0.459 e. The summed E-state index contributed by atoms with van der Waals surface area (Å²) in [4.78, 5) is 29.5. The molecule has 13 heteroatoms. The fourth-order valence-corrected chi connectivity index (χ4v) is 7.49. The highest BCUT2D eigenvalue weighted by atomic mass is 16.7. The van der Waals surface area contributed by atoms with Gasteiger partial charge in [0, 0.05) is 43.7 Å². The zero-order chi connectivity index (χ0) is 37.2. The van der Waals surface area contributed by atoms with Gasteiger partial charge in [-0.05, 0) is 68.0 Å². The van der Waals surface area contributed by atoms with Gasteiger partial charge in [0.25, 0.3) is 0 Å². The maximum atomic E-state index is 14.0. The quantitative estimate of drug-likeness (QED) is 0.285. The van der Waals surface area contributed by atoms with Gasteiger partial charge in [-0.2, -0.15) is 0 Å². The summed E-state index contributed by atoms with van der Waals surface area (Å²) >= 11 is 0. The van der Waals surface area contributed by atoms with Crippen molar-refractivity contribution in [2.24, 2.45) is 23.7 Å². The topological polar surface area (TPSA) is 174 Å². The number of methoxy groups -OCH3 is 1. The van der Waals surface area contributed by atoms with Crippen molar-refractivity contribution in [3.8, 4) is 0 Å². The predicted octanol–water partition coefficient (Wildman–Crippen LogP) is 2.12. The number of esters is 1. The number of aliphatic hydroxyl groups is 4. The van der Waals surface area contributed by atoms with E-state index in [0.29, 0.717) is 6.42 Å². The highest BCUT2D eigenvalue weighted by Crippen LogP contribution is 2.38. The van der Waals surface area contributed by atoms with Crippen LogP contribution in [-0.2, 0) is 38.0 Å². The molecule has 2 radical (unpaired) electrons. The van der Waals surface area contributed by atoms with E-state index >= 15 is 0 Å². The van der Waals surface area contributed by atoms with Gasteiger partial charge in [-0.25, -0.2) is 0 Å². The van der Waals surface area contributed by atoms with E-state index in [1.54, 1.807) is 41.5 Å². The second kappa shape index (κ2) is 17.0. The summed E-state index contributed by atoms with van der Waals surface area (Å²) < 4.78 is 36.9. The zero-order valence-corrected chi connectivity index (χ0v) is 31.5. The van der Waals surface area contributed by atoms with Crippen molar-refractivity contribution in [1.29, 1.82) is 0 Å². The Morgan fingerprint density at radius 3 is 2.16 bits per heavy atom. The molecule has 284 valence electrons. The van der Waals surface area contributed by atoms with E-state index in [4.69, 9.17) is 28.4 Å². The van der Waals surface area contributed by atoms with Crippen molar-refractivity contribution < 1.29 is 58.4 Å². The molecular weight excluding hydrogens is 638 g/mol. The third-order valence-corrected chi connectivity index (χ3v) is 11.1. The molecule has 0 amide bonds. The number of Topliss-reactive ketones (excluding diaryl/α,β-unsaturated/α-hetero) is 1. The van der Waals surface area contributed by atoms with Crippen molar-refractivity contribution >= 4 is 11.8 Å². The minimum absolute atomic E-state index is 0.107. The summed E-state index contributed by atoms with van der Waals surface area (Å²) in [5.41, 5.74) is -2.94. The summed E-state index contributed by atoms with van der Waals surface area (Å²) in [6.45, 7) is 15.2. The number of hydrogen-bond acceptors (Lipinski definition) is 13. The highest BCUT2D eigenvalue weighted by molar-refractivity contribution is 5.83. The second-order valence-electron chi connectivity index (χ2n) is 15.3. The van der Waals surface area contributed by atoms with Crippen LogP contribution in [0.5, 0.6) is 0 Å². The van der Waals surface area contributed by atoms with Crippen LogP contribution < -0.4 is 0 Å². The monoisotopic (exact) mass is 701 g/mol. The summed E-state index contributed by atoms with van der Waals surface area (Å²) in [5, 5.41) is 44.9. The van der Waals surface area contributed by atoms with Gasteiger partial charge in [-0.3, -0.25) is 9.59 Å². The third-order valence-electron chi connectivity index (χ3n) is 11.1. The zero-order valence-electron chi connectivity index (χ0n) is 31.5. The van der Waals surface area contributed by atoms with Gasteiger partial charge in [-0.1, -0.05) is 27.7 Å². The molecule has 17 atom stereocenters. The van der Waals surface area contributed by atoms with Crippen molar-refractivity contribution in [2.45, 2.75) is 167 Å². The number of carbonyl (C=O) groups excluding carboxylic acids is 2. The molecule has 3 fully saturated rings. The lowest BCUT2D eigenvalue weighted by molar-refractivity contribution is -0.304. The SMILES string of the molecule is CC[C@H]1OC(=O)[C@H](C)[C@@H](O[C@H]2C[C@@](C)(OC)[C@@H](O)[C@H](C)O2)[C@H](C)[C@@H](O[C@@H]2O[C@H](C)C[C@H](N(C)C)[C@@H]2O)[C]C[C@@H](C)C(=O)[C@H](C)[C@@H](O)[C@]1(C)O. The molecule has 0 unspecified atom stereocenters. The van der Waals surface area contributed by atoms with Crippen LogP contribution in [0.15, 0.2) is 0 Å². The van der Waals surface area contributed by atoms with Gasteiger partial charge >= 0.3 is 5.97 Å². The molecule has 13 nitrogen and oxygen atoms in total. The number of rotatable bonds is 7. The van der Waals surface area contributed by atoms with Gasteiger partial charge in [-0.15, -0.1) is 0 Å². The van der Waals surface area contributed by atoms with Gasteiger partial charge in [0.1, 0.15) is 29.7 Å². The number of hydrogen-bond donors (Lipinski definition) is 4. The van der Waals surface area contributed by atoms with E-state index in [2.05, 4.69) is 6.42 Å². The molecule has 3 aliphatic rings. The molecule has 3 aliphatic heterocycles. The molecule has 0 aromatic heterocycles. The normalized spacial score (nSPS) is 48.2. The Morgan fingerprint density at radius 1 is 0.959 bits per heavy atom. The molecule has 3 rings (SSSR count). The van der Waals surface area contributed by atoms with Crippen molar-refractivity contribution in [3.63, 3.8) is 0 Å². The van der Waals surface area contributed by atoms with Crippen LogP contribution in [0.4, 0.5) is 0 Å². The van der Waals surface area contributed by atoms with Crippen molar-refractivity contribution in [2.75, 3.05) is 21.2 Å². The first-order valence-electron chi connectivity index (χ1n) is 17.8. The van der Waals surface area contributed by atoms with E-state index in [-0.39, 0.29) is 37.2 Å². The number of ether oxygens (including phenoxy) is 6. The first-order chi connectivity index (χ1) is 22.7. The molecule has 0 saturated carbocycles. The van der Waals surface area contributed by atoms with Gasteiger partial charge in [0.15, 0.2) is 12.6 Å². The Hall–Kier alpha value is -1.26. The van der Waals surface area contributed by atoms with Crippen LogP contribution in [0.1, 0.15) is 88.0 Å². The standard InChI is InChI=1S/C36H63NO12/c1-13-26-36(9,43)31(40)21(5)28(38)18(2)14-15-25(47-34-29(39)24(37(10)11)16-19(3)45-34)20(4)30(22(6)33(42)48-26)49-27-17-35(8,44-12)32(41)23(7)46-27/h18-27,29-32,34,39-41,43H,13-14,16-17H2,1-12H3/t18-,19-,20-,21+,22-,23+,24+,25+,26-,27+,29+,30+,31-,32+,34+,35-,36-/m1/s1. The number of ketones is 1. The van der Waals surface area contributed by atoms with Crippen LogP contribution in [0.2, 0.25) is 0 Å². The van der Waals surface area contributed by atoms with Gasteiger partial charge in [0.2, 0.25) is 0 Å². The van der Waals surface area contributed by atoms with Gasteiger partial charge in [0.05, 0.1) is 42.0 Å². The minimum Gasteiger partial charge on any atom is -0.459 e. The molecule has 0 spiro atoms. The van der Waals surface area contributed by atoms with Gasteiger partial charge < -0.3 is 53.7 Å². The Morgan fingerprint density at radius 2 is 1.59 bits per heavy atom. The molecule has 3 saturated heterocycles. The average molecular weight is 702 g/mol. The summed E-state index contributed by atoms with van der Waals surface area (Å²) in [5.74, 6) is -4.22. The van der Waals surface area contributed by atoms with Crippen molar-refractivity contribution in [1.82, 2.24) is 4.90 Å². The maximum absolute atomic E-state index is 14.0. The smallest absolute Gasteiger partial charge is 0.311 e. The summed E-state index contributed by atoms with van der Waals surface area (Å²) in [7, 11) is 5.26. The third kappa shape index (κ3) is 9.40. The molecule has 49 heavy (non-hydrogen) atoms. The molecule has 4 N–H and O–H groups in total. The Labute approximate surface area is 292 Å². The van der Waals surface area contributed by atoms with E-state index in [1.165, 1.54) is 14.0 Å². The minimum atomic E-state index is -1.93. The van der Waals surface area contributed by atoms with Crippen LogP contribution in [0, 0.1) is 30.1 Å². The Kier molecular flexibility index (Phi) is 14.7. The van der Waals surface area contributed by atoms with Crippen LogP contribution in [-0.4, -0.2) is 137 Å². The molecule has 0 aromatic rings. The molecule has 0 aliphatic carbocycles. The van der Waals surface area contributed by atoms with E-state index < -0.39 is 96.2 Å². The number of carbonyl (C=O) groups is 2. The maximum Gasteiger partial charge on any atom is 0.311 e. The van der Waals surface area contributed by atoms with E-state index in [0.717, 1.165) is 0 Å². The second-order valence-corrected chi connectivity index (χ2v) is 15.3. The number of nitrogens with zero attached hydrogens (tertiary/aromatic N) is 1. The fourth-order valence-electron chi connectivity index (χ4n) is 7.49. The van der Waals surface area contributed by atoms with Crippen LogP contribution in [0.25, 0.3) is 0 Å². The van der Waals surface area contributed by atoms with E-state index in [9.17, 15) is 30.0 Å². The van der Waals surface area contributed by atoms with Crippen LogP contribution >= 0.6 is 0 Å². The predicted molar refractivity (Wildman–Crippen MR) is 179 cm³/mol. The van der Waals surface area contributed by atoms with Crippen LogP contribution in [0.3, 0.4) is 0 Å². The Bertz CT molecular complexity index is 1090. The van der Waals surface area contributed by atoms with Crippen molar-refractivity contribution in [3.05, 3.63) is 6.42 Å². The number of aliphatic hydroxyl groups excluding tert-OH is 3. The van der Waals surface area contributed by atoms with E-state index in [1.807, 2.05) is 32.8 Å². The summed E-state index contributed by atoms with van der Waals surface area (Å²) in [6.07, 6.45) is -5.00. The summed E-state index contributed by atoms with van der Waals surface area (Å²) in [6, 6.07) is -0.250. The number of likely N-dealkylation sites (N-methyl/N-ethyl adjacent to an activating group) is 1.